The number of benzene rings is 2. The van der Waals surface area contributed by atoms with E-state index >= 15 is 0 Å². The largest absolute Gasteiger partial charge is 0.474 e. The third-order valence-corrected chi connectivity index (χ3v) is 6.09. The molecule has 4 aromatic rings. The lowest BCUT2D eigenvalue weighted by Gasteiger charge is -2.27. The molecule has 0 aliphatic heterocycles. The first-order valence-electron chi connectivity index (χ1n) is 11.1. The molecule has 0 saturated heterocycles. The summed E-state index contributed by atoms with van der Waals surface area (Å²) in [5.41, 5.74) is 17.6. The van der Waals surface area contributed by atoms with Crippen molar-refractivity contribution >= 4 is 22.8 Å². The van der Waals surface area contributed by atoms with Crippen molar-refractivity contribution in [1.29, 1.82) is 0 Å². The Morgan fingerprint density at radius 2 is 1.78 bits per heavy atom. The summed E-state index contributed by atoms with van der Waals surface area (Å²) in [6.45, 7) is 2.02. The van der Waals surface area contributed by atoms with E-state index in [0.29, 0.717) is 5.88 Å². The first-order valence-corrected chi connectivity index (χ1v) is 11.1. The van der Waals surface area contributed by atoms with E-state index in [1.807, 2.05) is 35.7 Å². The molecule has 0 atom stereocenters. The maximum atomic E-state index is 6.32. The molecule has 1 saturated carbocycles. The number of anilines is 3. The van der Waals surface area contributed by atoms with E-state index in [0.717, 1.165) is 65.2 Å². The van der Waals surface area contributed by atoms with Crippen molar-refractivity contribution in [3.63, 3.8) is 0 Å². The molecular weight excluding hydrogens is 400 g/mol. The van der Waals surface area contributed by atoms with E-state index in [4.69, 9.17) is 21.2 Å². The van der Waals surface area contributed by atoms with Crippen molar-refractivity contribution in [2.75, 3.05) is 11.1 Å². The fourth-order valence-electron chi connectivity index (χ4n) is 4.23. The second-order valence-corrected chi connectivity index (χ2v) is 8.47. The first kappa shape index (κ1) is 20.3. The number of hydrogen-bond donors (Lipinski definition) is 3. The number of nitrogens with zero attached hydrogens (tertiary/aromatic N) is 3. The Kier molecular flexibility index (Phi) is 5.41. The molecule has 2 aromatic heterocycles. The van der Waals surface area contributed by atoms with Crippen LogP contribution in [-0.2, 0) is 0 Å². The topological polar surface area (TPSA) is 103 Å². The summed E-state index contributed by atoms with van der Waals surface area (Å²) in [7, 11) is 0. The number of fused-ring (bicyclic) bond motifs is 1. The lowest BCUT2D eigenvalue weighted by molar-refractivity contribution is 0.140. The minimum Gasteiger partial charge on any atom is -0.474 e. The van der Waals surface area contributed by atoms with Crippen LogP contribution in [0, 0.1) is 6.92 Å². The van der Waals surface area contributed by atoms with Gasteiger partial charge in [0.05, 0.1) is 11.8 Å². The zero-order chi connectivity index (χ0) is 22.1. The van der Waals surface area contributed by atoms with Gasteiger partial charge in [-0.2, -0.15) is 14.6 Å². The van der Waals surface area contributed by atoms with Crippen LogP contribution < -0.4 is 21.5 Å². The lowest BCUT2D eigenvalue weighted by Crippen LogP contribution is -2.32. The highest BCUT2D eigenvalue weighted by atomic mass is 16.5. The van der Waals surface area contributed by atoms with Crippen LogP contribution in [0.25, 0.3) is 16.8 Å². The molecule has 5 rings (SSSR count). The quantitative estimate of drug-likeness (QED) is 0.399. The predicted molar refractivity (Wildman–Crippen MR) is 128 cm³/mol. The first-order chi connectivity index (χ1) is 15.6. The Hall–Kier alpha value is -3.58. The van der Waals surface area contributed by atoms with Crippen LogP contribution in [0.1, 0.15) is 31.2 Å². The number of ether oxygens (including phenoxy) is 1. The van der Waals surface area contributed by atoms with Crippen molar-refractivity contribution in [2.24, 2.45) is 5.73 Å². The maximum Gasteiger partial charge on any atom is 0.222 e. The predicted octanol–water partition coefficient (Wildman–Crippen LogP) is 4.68. The Morgan fingerprint density at radius 1 is 1.00 bits per heavy atom. The van der Waals surface area contributed by atoms with Gasteiger partial charge in [-0.15, -0.1) is 0 Å². The van der Waals surface area contributed by atoms with Gasteiger partial charge in [0.25, 0.3) is 0 Å². The lowest BCUT2D eigenvalue weighted by atomic mass is 9.94. The molecule has 1 aliphatic carbocycles. The molecule has 7 heteroatoms. The van der Waals surface area contributed by atoms with Crippen LogP contribution in [0.5, 0.6) is 5.88 Å². The summed E-state index contributed by atoms with van der Waals surface area (Å²) in [5, 5.41) is 7.97. The number of rotatable bonds is 5. The van der Waals surface area contributed by atoms with Crippen molar-refractivity contribution in [1.82, 2.24) is 14.6 Å². The van der Waals surface area contributed by atoms with Gasteiger partial charge in [-0.3, -0.25) is 0 Å². The molecular formula is C25H28N6O. The summed E-state index contributed by atoms with van der Waals surface area (Å²) in [5.74, 6) is 1.50. The van der Waals surface area contributed by atoms with Crippen LogP contribution in [0.3, 0.4) is 0 Å². The van der Waals surface area contributed by atoms with Crippen LogP contribution in [0.2, 0.25) is 0 Å². The van der Waals surface area contributed by atoms with E-state index in [2.05, 4.69) is 40.7 Å². The van der Waals surface area contributed by atoms with E-state index in [-0.39, 0.29) is 12.1 Å². The SMILES string of the molecule is Cc1c(O[C@H]2CC[C@H](N)CC2)nc2ccnn2c1Nc1ccc(-c2cccc(N)c2)cc1. The van der Waals surface area contributed by atoms with Gasteiger partial charge in [0.2, 0.25) is 5.88 Å². The standard InChI is InChI=1S/C25H28N6O/c1-16-24(29-21-9-5-17(6-10-21)18-3-2-4-20(27)15-18)31-23(13-14-28-31)30-25(16)32-22-11-7-19(26)8-12-22/h2-6,9-10,13-15,19,22,29H,7-8,11-12,26-27H2,1H3/t19-,22-. The summed E-state index contributed by atoms with van der Waals surface area (Å²) < 4.78 is 8.13. The minimum absolute atomic E-state index is 0.150. The summed E-state index contributed by atoms with van der Waals surface area (Å²) in [6.07, 6.45) is 5.80. The van der Waals surface area contributed by atoms with Crippen LogP contribution >= 0.6 is 0 Å². The van der Waals surface area contributed by atoms with Gasteiger partial charge in [-0.1, -0.05) is 24.3 Å². The van der Waals surface area contributed by atoms with Gasteiger partial charge in [0.1, 0.15) is 11.9 Å². The molecule has 2 heterocycles. The number of aromatic nitrogens is 3. The average molecular weight is 429 g/mol. The molecule has 0 amide bonds. The molecule has 32 heavy (non-hydrogen) atoms. The number of nitrogens with two attached hydrogens (primary N) is 2. The Balaban J connectivity index is 1.42. The van der Waals surface area contributed by atoms with E-state index in [9.17, 15) is 0 Å². The van der Waals surface area contributed by atoms with Gasteiger partial charge in [0, 0.05) is 23.5 Å². The Bertz CT molecular complexity index is 1230. The number of nitrogens with one attached hydrogen (secondary N) is 1. The van der Waals surface area contributed by atoms with E-state index in [1.54, 1.807) is 6.20 Å². The van der Waals surface area contributed by atoms with E-state index in [1.165, 1.54) is 0 Å². The summed E-state index contributed by atoms with van der Waals surface area (Å²) >= 11 is 0. The molecule has 2 aromatic carbocycles. The van der Waals surface area contributed by atoms with Crippen LogP contribution in [0.4, 0.5) is 17.2 Å². The molecule has 0 radical (unpaired) electrons. The third-order valence-electron chi connectivity index (χ3n) is 6.09. The van der Waals surface area contributed by atoms with Gasteiger partial charge in [0.15, 0.2) is 5.65 Å². The third kappa shape index (κ3) is 4.11. The van der Waals surface area contributed by atoms with Crippen molar-refractivity contribution in [2.45, 2.75) is 44.8 Å². The number of hydrogen-bond acceptors (Lipinski definition) is 6. The molecule has 0 bridgehead atoms. The zero-order valence-electron chi connectivity index (χ0n) is 18.2. The second kappa shape index (κ2) is 8.51. The zero-order valence-corrected chi connectivity index (χ0v) is 18.2. The molecule has 7 nitrogen and oxygen atoms in total. The fraction of sp³-hybridized carbons (Fsp3) is 0.280. The molecule has 164 valence electrons. The highest BCUT2D eigenvalue weighted by molar-refractivity contribution is 5.71. The molecule has 0 spiro atoms. The molecule has 1 aliphatic rings. The summed E-state index contributed by atoms with van der Waals surface area (Å²) in [6, 6.07) is 18.3. The highest BCUT2D eigenvalue weighted by Crippen LogP contribution is 2.31. The van der Waals surface area contributed by atoms with Gasteiger partial charge >= 0.3 is 0 Å². The molecule has 1 fully saturated rings. The smallest absolute Gasteiger partial charge is 0.222 e. The minimum atomic E-state index is 0.150. The van der Waals surface area contributed by atoms with Gasteiger partial charge in [-0.05, 0) is 68.0 Å². The highest BCUT2D eigenvalue weighted by Gasteiger charge is 2.22. The molecule has 5 N–H and O–H groups in total. The van der Waals surface area contributed by atoms with Crippen LogP contribution in [-0.4, -0.2) is 26.7 Å². The molecule has 0 unspecified atom stereocenters. The van der Waals surface area contributed by atoms with Crippen LogP contribution in [0.15, 0.2) is 60.8 Å². The second-order valence-electron chi connectivity index (χ2n) is 8.47. The van der Waals surface area contributed by atoms with Crippen molar-refractivity contribution in [3.8, 4) is 17.0 Å². The Morgan fingerprint density at radius 3 is 2.53 bits per heavy atom. The number of nitrogen functional groups attached to an aromatic ring is 1. The van der Waals surface area contributed by atoms with Crippen molar-refractivity contribution in [3.05, 3.63) is 66.4 Å². The Labute approximate surface area is 187 Å². The monoisotopic (exact) mass is 428 g/mol. The summed E-state index contributed by atoms with van der Waals surface area (Å²) in [4.78, 5) is 4.71. The maximum absolute atomic E-state index is 6.32. The van der Waals surface area contributed by atoms with Gasteiger partial charge in [-0.25, -0.2) is 0 Å². The van der Waals surface area contributed by atoms with Gasteiger partial charge < -0.3 is 21.5 Å². The average Bonchev–Trinajstić information content (AvgIpc) is 3.27. The normalized spacial score (nSPS) is 18.6. The van der Waals surface area contributed by atoms with E-state index < -0.39 is 0 Å². The van der Waals surface area contributed by atoms with Crippen molar-refractivity contribution < 1.29 is 4.74 Å². The fourth-order valence-corrected chi connectivity index (χ4v) is 4.23.